The molecule has 0 aromatic carbocycles. The molecular weight excluding hydrogens is 164 g/mol. The summed E-state index contributed by atoms with van der Waals surface area (Å²) in [6, 6.07) is 4.02. The third kappa shape index (κ3) is 1.11. The zero-order valence-corrected chi connectivity index (χ0v) is 7.70. The van der Waals surface area contributed by atoms with Crippen LogP contribution in [-0.2, 0) is 7.05 Å². The molecule has 0 bridgehead atoms. The minimum atomic E-state index is 0.566. The van der Waals surface area contributed by atoms with Gasteiger partial charge < -0.3 is 10.3 Å². The number of anilines is 1. The molecule has 13 heavy (non-hydrogen) atoms. The van der Waals surface area contributed by atoms with Crippen molar-refractivity contribution in [3.63, 3.8) is 0 Å². The summed E-state index contributed by atoms with van der Waals surface area (Å²) in [5.74, 6) is 0.566. The van der Waals surface area contributed by atoms with Gasteiger partial charge >= 0.3 is 0 Å². The van der Waals surface area contributed by atoms with Crippen molar-refractivity contribution in [1.82, 2.24) is 14.8 Å². The lowest BCUT2D eigenvalue weighted by atomic mass is 10.2. The Balaban J connectivity index is 2.59. The lowest BCUT2D eigenvalue weighted by molar-refractivity contribution is 0.926. The number of hydrogen-bond acceptors (Lipinski definition) is 2. The van der Waals surface area contributed by atoms with E-state index in [0.717, 1.165) is 17.0 Å². The molecule has 68 valence electrons. The highest BCUT2D eigenvalue weighted by atomic mass is 15.2. The lowest BCUT2D eigenvalue weighted by Crippen LogP contribution is -1.91. The molecule has 2 aromatic heterocycles. The van der Waals surface area contributed by atoms with Crippen molar-refractivity contribution in [2.45, 2.75) is 6.92 Å². The van der Waals surface area contributed by atoms with Gasteiger partial charge in [-0.1, -0.05) is 0 Å². The number of aromatic amines is 1. The number of nitrogen functional groups attached to an aromatic ring is 1. The van der Waals surface area contributed by atoms with Crippen LogP contribution in [0.15, 0.2) is 18.3 Å². The summed E-state index contributed by atoms with van der Waals surface area (Å²) < 4.78 is 2.03. The van der Waals surface area contributed by atoms with Crippen LogP contribution in [0, 0.1) is 6.92 Å². The van der Waals surface area contributed by atoms with Crippen LogP contribution in [0.4, 0.5) is 5.82 Å². The molecule has 0 saturated carbocycles. The molecule has 4 heteroatoms. The van der Waals surface area contributed by atoms with Crippen molar-refractivity contribution >= 4 is 5.82 Å². The van der Waals surface area contributed by atoms with E-state index >= 15 is 0 Å². The van der Waals surface area contributed by atoms with E-state index in [0.29, 0.717) is 5.82 Å². The van der Waals surface area contributed by atoms with E-state index in [1.165, 1.54) is 0 Å². The molecule has 0 aliphatic heterocycles. The topological polar surface area (TPSA) is 59.6 Å². The minimum Gasteiger partial charge on any atom is -0.382 e. The quantitative estimate of drug-likeness (QED) is 0.688. The van der Waals surface area contributed by atoms with Crippen LogP contribution in [0.5, 0.6) is 0 Å². The van der Waals surface area contributed by atoms with E-state index in [9.17, 15) is 0 Å². The molecule has 3 N–H and O–H groups in total. The highest BCUT2D eigenvalue weighted by molar-refractivity contribution is 5.64. The second kappa shape index (κ2) is 2.65. The monoisotopic (exact) mass is 176 g/mol. The van der Waals surface area contributed by atoms with E-state index in [2.05, 4.69) is 10.2 Å². The maximum Gasteiger partial charge on any atom is 0.148 e. The molecule has 0 aliphatic rings. The van der Waals surface area contributed by atoms with Gasteiger partial charge in [0.25, 0.3) is 0 Å². The van der Waals surface area contributed by atoms with E-state index in [-0.39, 0.29) is 0 Å². The Labute approximate surface area is 76.4 Å². The van der Waals surface area contributed by atoms with E-state index in [1.54, 1.807) is 0 Å². The van der Waals surface area contributed by atoms with Gasteiger partial charge in [0.15, 0.2) is 0 Å². The number of aromatic nitrogens is 3. The Morgan fingerprint density at radius 3 is 2.77 bits per heavy atom. The Bertz CT molecular complexity index is 425. The fourth-order valence-corrected chi connectivity index (χ4v) is 1.38. The van der Waals surface area contributed by atoms with Gasteiger partial charge in [-0.3, -0.25) is 5.10 Å². The summed E-state index contributed by atoms with van der Waals surface area (Å²) in [4.78, 5) is 0. The van der Waals surface area contributed by atoms with E-state index in [4.69, 9.17) is 5.73 Å². The first-order chi connectivity index (χ1) is 6.20. The highest BCUT2D eigenvalue weighted by Gasteiger charge is 2.09. The zero-order chi connectivity index (χ0) is 9.42. The van der Waals surface area contributed by atoms with Crippen molar-refractivity contribution in [2.75, 3.05) is 5.73 Å². The van der Waals surface area contributed by atoms with Crippen molar-refractivity contribution < 1.29 is 0 Å². The number of nitrogens with two attached hydrogens (primary N) is 1. The van der Waals surface area contributed by atoms with Crippen LogP contribution < -0.4 is 5.73 Å². The van der Waals surface area contributed by atoms with Gasteiger partial charge in [0.1, 0.15) is 5.82 Å². The van der Waals surface area contributed by atoms with Crippen molar-refractivity contribution in [1.29, 1.82) is 0 Å². The van der Waals surface area contributed by atoms with Crippen molar-refractivity contribution in [3.05, 3.63) is 23.9 Å². The first kappa shape index (κ1) is 7.91. The average molecular weight is 176 g/mol. The molecule has 2 heterocycles. The summed E-state index contributed by atoms with van der Waals surface area (Å²) in [6.07, 6.45) is 1.99. The van der Waals surface area contributed by atoms with Gasteiger partial charge in [-0.25, -0.2) is 0 Å². The summed E-state index contributed by atoms with van der Waals surface area (Å²) in [7, 11) is 1.99. The first-order valence-electron chi connectivity index (χ1n) is 4.12. The van der Waals surface area contributed by atoms with Gasteiger partial charge in [-0.05, 0) is 19.1 Å². The first-order valence-corrected chi connectivity index (χ1v) is 4.12. The fourth-order valence-electron chi connectivity index (χ4n) is 1.38. The lowest BCUT2D eigenvalue weighted by Gasteiger charge is -2.00. The molecule has 4 nitrogen and oxygen atoms in total. The van der Waals surface area contributed by atoms with Crippen LogP contribution in [0.3, 0.4) is 0 Å². The maximum atomic E-state index is 5.65. The summed E-state index contributed by atoms with van der Waals surface area (Å²) in [5, 5.41) is 6.87. The third-order valence-electron chi connectivity index (χ3n) is 2.25. The number of hydrogen-bond donors (Lipinski definition) is 2. The van der Waals surface area contributed by atoms with Crippen LogP contribution in [-0.4, -0.2) is 14.8 Å². The van der Waals surface area contributed by atoms with E-state index in [1.807, 2.05) is 36.9 Å². The minimum absolute atomic E-state index is 0.566. The molecule has 0 amide bonds. The standard InChI is InChI=1S/C9H12N4/c1-6-8(11-12-9(6)10)7-4-3-5-13(7)2/h3-5H,1-2H3,(H3,10,11,12). The maximum absolute atomic E-state index is 5.65. The number of H-pyrrole nitrogens is 1. The van der Waals surface area contributed by atoms with Gasteiger partial charge in [0.05, 0.1) is 11.4 Å². The van der Waals surface area contributed by atoms with Crippen molar-refractivity contribution in [2.24, 2.45) is 7.05 Å². The molecule has 0 fully saturated rings. The fraction of sp³-hybridized carbons (Fsp3) is 0.222. The SMILES string of the molecule is Cc1c(N)n[nH]c1-c1cccn1C. The normalized spacial score (nSPS) is 10.6. The molecule has 2 rings (SSSR count). The smallest absolute Gasteiger partial charge is 0.148 e. The molecular formula is C9H12N4. The molecule has 0 unspecified atom stereocenters. The van der Waals surface area contributed by atoms with Gasteiger partial charge in [0.2, 0.25) is 0 Å². The number of nitrogens with one attached hydrogen (secondary N) is 1. The average Bonchev–Trinajstić information content (AvgIpc) is 2.62. The van der Waals surface area contributed by atoms with Gasteiger partial charge in [-0.2, -0.15) is 5.10 Å². The molecule has 0 aliphatic carbocycles. The van der Waals surface area contributed by atoms with Crippen LogP contribution in [0.1, 0.15) is 5.56 Å². The molecule has 0 radical (unpaired) electrons. The Morgan fingerprint density at radius 2 is 2.31 bits per heavy atom. The largest absolute Gasteiger partial charge is 0.382 e. The number of aryl methyl sites for hydroxylation is 1. The van der Waals surface area contributed by atoms with Gasteiger partial charge in [-0.15, -0.1) is 0 Å². The summed E-state index contributed by atoms with van der Waals surface area (Å²) in [6.45, 7) is 1.96. The molecule has 0 saturated heterocycles. The second-order valence-corrected chi connectivity index (χ2v) is 3.11. The van der Waals surface area contributed by atoms with E-state index < -0.39 is 0 Å². The third-order valence-corrected chi connectivity index (χ3v) is 2.25. The molecule has 0 atom stereocenters. The van der Waals surface area contributed by atoms with Gasteiger partial charge in [0, 0.05) is 18.8 Å². The molecule has 0 spiro atoms. The predicted octanol–water partition coefficient (Wildman–Crippen LogP) is 1.31. The van der Waals surface area contributed by atoms with Crippen molar-refractivity contribution in [3.8, 4) is 11.4 Å². The van der Waals surface area contributed by atoms with Crippen LogP contribution in [0.25, 0.3) is 11.4 Å². The second-order valence-electron chi connectivity index (χ2n) is 3.11. The Morgan fingerprint density at radius 1 is 1.54 bits per heavy atom. The highest BCUT2D eigenvalue weighted by Crippen LogP contribution is 2.23. The Kier molecular flexibility index (Phi) is 1.62. The van der Waals surface area contributed by atoms with Crippen LogP contribution >= 0.6 is 0 Å². The van der Waals surface area contributed by atoms with Crippen LogP contribution in [0.2, 0.25) is 0 Å². The summed E-state index contributed by atoms with van der Waals surface area (Å²) >= 11 is 0. The molecule has 2 aromatic rings. The number of rotatable bonds is 1. The Hall–Kier alpha value is -1.71. The summed E-state index contributed by atoms with van der Waals surface area (Å²) in [5.41, 5.74) is 8.74. The number of nitrogens with zero attached hydrogens (tertiary/aromatic N) is 2. The zero-order valence-electron chi connectivity index (χ0n) is 7.70. The predicted molar refractivity (Wildman–Crippen MR) is 52.1 cm³/mol.